The number of piperidine rings is 2. The van der Waals surface area contributed by atoms with Crippen LogP contribution in [-0.4, -0.2) is 26.2 Å². The second-order valence-corrected chi connectivity index (χ2v) is 4.03. The fourth-order valence-corrected chi connectivity index (χ4v) is 2.41. The highest BCUT2D eigenvalue weighted by Gasteiger charge is 2.32. The van der Waals surface area contributed by atoms with E-state index in [1.54, 1.807) is 0 Å². The molecule has 0 aliphatic carbocycles. The van der Waals surface area contributed by atoms with Crippen LogP contribution in [0, 0.1) is 5.41 Å². The first-order chi connectivity index (χ1) is 6.41. The lowest BCUT2D eigenvalue weighted by molar-refractivity contribution is 0.150. The molecule has 13 heavy (non-hydrogen) atoms. The van der Waals surface area contributed by atoms with E-state index in [9.17, 15) is 0 Å². The van der Waals surface area contributed by atoms with Crippen LogP contribution in [0.1, 0.15) is 39.5 Å². The molecule has 0 radical (unpaired) electrons. The van der Waals surface area contributed by atoms with Gasteiger partial charge >= 0.3 is 0 Å². The molecule has 2 heteroatoms. The first kappa shape index (κ1) is 11.0. The molecule has 0 aromatic rings. The molecule has 0 atom stereocenters. The van der Waals surface area contributed by atoms with Crippen LogP contribution in [0.4, 0.5) is 0 Å². The summed E-state index contributed by atoms with van der Waals surface area (Å²) in [6.07, 6.45) is 5.63. The molecule has 0 amide bonds. The van der Waals surface area contributed by atoms with Crippen molar-refractivity contribution in [1.29, 1.82) is 0 Å². The number of hydrogen-bond donors (Lipinski definition) is 2. The molecular formula is C11H24N2. The van der Waals surface area contributed by atoms with Gasteiger partial charge in [0.05, 0.1) is 0 Å². The van der Waals surface area contributed by atoms with Gasteiger partial charge < -0.3 is 10.6 Å². The Hall–Kier alpha value is -0.0800. The minimum Gasteiger partial charge on any atom is -0.317 e. The quantitative estimate of drug-likeness (QED) is 0.599. The van der Waals surface area contributed by atoms with Gasteiger partial charge in [0.1, 0.15) is 0 Å². The molecule has 0 aromatic carbocycles. The van der Waals surface area contributed by atoms with Crippen molar-refractivity contribution < 1.29 is 0 Å². The molecular weight excluding hydrogens is 160 g/mol. The van der Waals surface area contributed by atoms with Gasteiger partial charge in [0.2, 0.25) is 0 Å². The predicted octanol–water partition coefficient (Wildman–Crippen LogP) is 1.77. The number of rotatable bonds is 0. The molecule has 0 saturated carbocycles. The van der Waals surface area contributed by atoms with E-state index >= 15 is 0 Å². The second kappa shape index (κ2) is 5.61. The third kappa shape index (κ3) is 2.96. The van der Waals surface area contributed by atoms with Crippen LogP contribution >= 0.6 is 0 Å². The lowest BCUT2D eigenvalue weighted by Gasteiger charge is -2.41. The first-order valence-corrected chi connectivity index (χ1v) is 5.83. The van der Waals surface area contributed by atoms with Crippen molar-refractivity contribution in [1.82, 2.24) is 10.6 Å². The minimum atomic E-state index is 0.684. The molecule has 2 heterocycles. The van der Waals surface area contributed by atoms with Gasteiger partial charge in [-0.2, -0.15) is 0 Å². The van der Waals surface area contributed by atoms with Gasteiger partial charge in [0, 0.05) is 6.54 Å². The van der Waals surface area contributed by atoms with Crippen LogP contribution in [0.25, 0.3) is 0 Å². The van der Waals surface area contributed by atoms with Gasteiger partial charge in [-0.05, 0) is 50.7 Å². The van der Waals surface area contributed by atoms with Crippen LogP contribution in [0.5, 0.6) is 0 Å². The maximum absolute atomic E-state index is 3.52. The fourth-order valence-electron chi connectivity index (χ4n) is 2.41. The Morgan fingerprint density at radius 3 is 2.08 bits per heavy atom. The van der Waals surface area contributed by atoms with Crippen LogP contribution < -0.4 is 10.6 Å². The van der Waals surface area contributed by atoms with Crippen molar-refractivity contribution in [3.8, 4) is 0 Å². The summed E-state index contributed by atoms with van der Waals surface area (Å²) in [6, 6.07) is 0. The maximum Gasteiger partial charge on any atom is 0.000877 e. The van der Waals surface area contributed by atoms with E-state index in [0.717, 1.165) is 0 Å². The van der Waals surface area contributed by atoms with Gasteiger partial charge in [-0.1, -0.05) is 13.8 Å². The van der Waals surface area contributed by atoms with Crippen LogP contribution in [0.3, 0.4) is 0 Å². The Bertz CT molecular complexity index is 103. The molecule has 0 bridgehead atoms. The third-order valence-corrected chi connectivity index (χ3v) is 3.22. The summed E-state index contributed by atoms with van der Waals surface area (Å²) < 4.78 is 0. The van der Waals surface area contributed by atoms with Crippen LogP contribution in [-0.2, 0) is 0 Å². The summed E-state index contributed by atoms with van der Waals surface area (Å²) in [5, 5.41) is 6.95. The minimum absolute atomic E-state index is 0.684. The van der Waals surface area contributed by atoms with Crippen LogP contribution in [0.15, 0.2) is 0 Å². The topological polar surface area (TPSA) is 24.1 Å². The summed E-state index contributed by atoms with van der Waals surface area (Å²) >= 11 is 0. The van der Waals surface area contributed by atoms with Gasteiger partial charge in [0.15, 0.2) is 0 Å². The highest BCUT2D eigenvalue weighted by molar-refractivity contribution is 4.89. The van der Waals surface area contributed by atoms with Crippen molar-refractivity contribution in [3.63, 3.8) is 0 Å². The molecule has 2 aliphatic rings. The summed E-state index contributed by atoms with van der Waals surface area (Å²) in [5.41, 5.74) is 0.684. The van der Waals surface area contributed by atoms with E-state index in [0.29, 0.717) is 5.41 Å². The Balaban J connectivity index is 0.000000396. The first-order valence-electron chi connectivity index (χ1n) is 5.83. The lowest BCUT2D eigenvalue weighted by Crippen LogP contribution is -2.46. The molecule has 2 N–H and O–H groups in total. The van der Waals surface area contributed by atoms with Gasteiger partial charge in [-0.3, -0.25) is 0 Å². The molecule has 1 spiro atoms. The SMILES string of the molecule is C1CNCC2(C1)CCNCC2.CC. The zero-order chi connectivity index (χ0) is 9.57. The fraction of sp³-hybridized carbons (Fsp3) is 1.00. The zero-order valence-electron chi connectivity index (χ0n) is 9.16. The highest BCUT2D eigenvalue weighted by Crippen LogP contribution is 2.34. The van der Waals surface area contributed by atoms with E-state index < -0.39 is 0 Å². The lowest BCUT2D eigenvalue weighted by atomic mass is 9.73. The molecule has 2 saturated heterocycles. The average Bonchev–Trinajstić information content (AvgIpc) is 2.23. The number of nitrogens with one attached hydrogen (secondary N) is 2. The number of hydrogen-bond acceptors (Lipinski definition) is 2. The largest absolute Gasteiger partial charge is 0.317 e. The van der Waals surface area contributed by atoms with E-state index in [2.05, 4.69) is 10.6 Å². The standard InChI is InChI=1S/C9H18N2.C2H6/c1-2-9(8-11-5-1)3-6-10-7-4-9;1-2/h10-11H,1-8H2;1-2H3. The molecule has 0 unspecified atom stereocenters. The monoisotopic (exact) mass is 184 g/mol. The maximum atomic E-state index is 3.52. The molecule has 2 rings (SSSR count). The molecule has 78 valence electrons. The Labute approximate surface area is 82.5 Å². The molecule has 0 aromatic heterocycles. The second-order valence-electron chi connectivity index (χ2n) is 4.03. The van der Waals surface area contributed by atoms with Gasteiger partial charge in [-0.15, -0.1) is 0 Å². The van der Waals surface area contributed by atoms with Crippen molar-refractivity contribution in [2.45, 2.75) is 39.5 Å². The smallest absolute Gasteiger partial charge is 0.000877 e. The summed E-state index contributed by atoms with van der Waals surface area (Å²) in [6.45, 7) is 8.99. The molecule has 2 nitrogen and oxygen atoms in total. The van der Waals surface area contributed by atoms with Crippen molar-refractivity contribution in [2.24, 2.45) is 5.41 Å². The zero-order valence-corrected chi connectivity index (χ0v) is 9.16. The van der Waals surface area contributed by atoms with Crippen molar-refractivity contribution >= 4 is 0 Å². The molecule has 2 aliphatic heterocycles. The van der Waals surface area contributed by atoms with Gasteiger partial charge in [-0.25, -0.2) is 0 Å². The summed E-state index contributed by atoms with van der Waals surface area (Å²) in [4.78, 5) is 0. The van der Waals surface area contributed by atoms with Crippen molar-refractivity contribution in [3.05, 3.63) is 0 Å². The third-order valence-electron chi connectivity index (χ3n) is 3.22. The molecule has 2 fully saturated rings. The predicted molar refractivity (Wildman–Crippen MR) is 58.0 cm³/mol. The van der Waals surface area contributed by atoms with E-state index in [1.807, 2.05) is 13.8 Å². The Kier molecular flexibility index (Phi) is 4.74. The van der Waals surface area contributed by atoms with E-state index in [-0.39, 0.29) is 0 Å². The summed E-state index contributed by atoms with van der Waals surface area (Å²) in [5.74, 6) is 0. The average molecular weight is 184 g/mol. The van der Waals surface area contributed by atoms with Gasteiger partial charge in [0.25, 0.3) is 0 Å². The Morgan fingerprint density at radius 1 is 0.846 bits per heavy atom. The highest BCUT2D eigenvalue weighted by atomic mass is 14.9. The Morgan fingerprint density at radius 2 is 1.54 bits per heavy atom. The van der Waals surface area contributed by atoms with E-state index in [1.165, 1.54) is 51.9 Å². The van der Waals surface area contributed by atoms with Crippen LogP contribution in [0.2, 0.25) is 0 Å². The van der Waals surface area contributed by atoms with E-state index in [4.69, 9.17) is 0 Å². The van der Waals surface area contributed by atoms with Crippen molar-refractivity contribution in [2.75, 3.05) is 26.2 Å². The summed E-state index contributed by atoms with van der Waals surface area (Å²) in [7, 11) is 0. The normalized spacial score (nSPS) is 26.3.